The lowest BCUT2D eigenvalue weighted by atomic mass is 10.2. The van der Waals surface area contributed by atoms with E-state index in [2.05, 4.69) is 0 Å². The van der Waals surface area contributed by atoms with Crippen LogP contribution >= 0.6 is 0 Å². The van der Waals surface area contributed by atoms with Crippen molar-refractivity contribution >= 4 is 5.69 Å². The van der Waals surface area contributed by atoms with Crippen molar-refractivity contribution in [2.24, 2.45) is 0 Å². The Morgan fingerprint density at radius 2 is 1.95 bits per heavy atom. The maximum absolute atomic E-state index is 13.7. The van der Waals surface area contributed by atoms with E-state index in [4.69, 9.17) is 10.00 Å². The predicted molar refractivity (Wildman–Crippen MR) is 72.0 cm³/mol. The van der Waals surface area contributed by atoms with Crippen molar-refractivity contribution < 1.29 is 9.13 Å². The first-order valence-electron chi connectivity index (χ1n) is 5.75. The van der Waals surface area contributed by atoms with Crippen LogP contribution in [-0.4, -0.2) is 14.1 Å². The molecule has 2 aromatic carbocycles. The fourth-order valence-electron chi connectivity index (χ4n) is 1.61. The third kappa shape index (κ3) is 3.02. The number of anilines is 1. The maximum Gasteiger partial charge on any atom is 0.167 e. The van der Waals surface area contributed by atoms with Crippen LogP contribution in [0.2, 0.25) is 0 Å². The average molecular weight is 256 g/mol. The molecule has 0 fully saturated rings. The molecule has 0 unspecified atom stereocenters. The van der Waals surface area contributed by atoms with Gasteiger partial charge >= 0.3 is 0 Å². The SMILES string of the molecule is CN(C)c1cccc(Oc2ccc(C#N)cc2F)c1. The number of halogens is 1. The first-order chi connectivity index (χ1) is 9.10. The van der Waals surface area contributed by atoms with Crippen molar-refractivity contribution in [3.8, 4) is 17.6 Å². The van der Waals surface area contributed by atoms with Gasteiger partial charge in [0, 0.05) is 25.8 Å². The van der Waals surface area contributed by atoms with Gasteiger partial charge in [-0.3, -0.25) is 0 Å². The summed E-state index contributed by atoms with van der Waals surface area (Å²) in [5.41, 5.74) is 1.23. The van der Waals surface area contributed by atoms with Gasteiger partial charge in [-0.15, -0.1) is 0 Å². The van der Waals surface area contributed by atoms with Gasteiger partial charge in [0.25, 0.3) is 0 Å². The van der Waals surface area contributed by atoms with E-state index in [1.54, 1.807) is 6.07 Å². The minimum Gasteiger partial charge on any atom is -0.454 e. The molecule has 0 aliphatic heterocycles. The van der Waals surface area contributed by atoms with Gasteiger partial charge in [-0.2, -0.15) is 5.26 Å². The van der Waals surface area contributed by atoms with E-state index < -0.39 is 5.82 Å². The molecular weight excluding hydrogens is 243 g/mol. The second kappa shape index (κ2) is 5.40. The first-order valence-corrected chi connectivity index (χ1v) is 5.75. The van der Waals surface area contributed by atoms with Crippen molar-refractivity contribution in [3.05, 3.63) is 53.8 Å². The minimum atomic E-state index is -0.547. The quantitative estimate of drug-likeness (QED) is 0.842. The van der Waals surface area contributed by atoms with Crippen LogP contribution in [0.5, 0.6) is 11.5 Å². The number of rotatable bonds is 3. The van der Waals surface area contributed by atoms with Gasteiger partial charge in [0.1, 0.15) is 5.75 Å². The molecule has 0 aliphatic carbocycles. The van der Waals surface area contributed by atoms with E-state index in [9.17, 15) is 4.39 Å². The van der Waals surface area contributed by atoms with E-state index in [-0.39, 0.29) is 11.3 Å². The normalized spacial score (nSPS) is 9.79. The standard InChI is InChI=1S/C15H13FN2O/c1-18(2)12-4-3-5-13(9-12)19-15-7-6-11(10-17)8-14(15)16/h3-9H,1-2H3. The number of nitriles is 1. The smallest absolute Gasteiger partial charge is 0.167 e. The molecule has 2 aromatic rings. The molecule has 0 bridgehead atoms. The molecular formula is C15H13FN2O. The van der Waals surface area contributed by atoms with Gasteiger partial charge < -0.3 is 9.64 Å². The number of ether oxygens (including phenoxy) is 1. The zero-order valence-corrected chi connectivity index (χ0v) is 10.7. The molecule has 0 N–H and O–H groups in total. The van der Waals surface area contributed by atoms with Crippen molar-refractivity contribution in [2.45, 2.75) is 0 Å². The second-order valence-electron chi connectivity index (χ2n) is 4.25. The Morgan fingerprint density at radius 3 is 2.58 bits per heavy atom. The maximum atomic E-state index is 13.7. The lowest BCUT2D eigenvalue weighted by molar-refractivity contribution is 0.442. The Bertz CT molecular complexity index is 632. The second-order valence-corrected chi connectivity index (χ2v) is 4.25. The highest BCUT2D eigenvalue weighted by Crippen LogP contribution is 2.27. The summed E-state index contributed by atoms with van der Waals surface area (Å²) in [6.07, 6.45) is 0. The van der Waals surface area contributed by atoms with Gasteiger partial charge in [0.05, 0.1) is 11.6 Å². The van der Waals surface area contributed by atoms with Crippen LogP contribution in [0.1, 0.15) is 5.56 Å². The molecule has 0 spiro atoms. The van der Waals surface area contributed by atoms with Gasteiger partial charge in [0.2, 0.25) is 0 Å². The Hall–Kier alpha value is -2.54. The molecule has 0 atom stereocenters. The van der Waals surface area contributed by atoms with E-state index in [1.165, 1.54) is 12.1 Å². The highest BCUT2D eigenvalue weighted by atomic mass is 19.1. The van der Waals surface area contributed by atoms with Gasteiger partial charge in [-0.25, -0.2) is 4.39 Å². The number of hydrogen-bond acceptors (Lipinski definition) is 3. The third-order valence-corrected chi connectivity index (χ3v) is 2.62. The summed E-state index contributed by atoms with van der Waals surface area (Å²) in [4.78, 5) is 1.93. The topological polar surface area (TPSA) is 36.3 Å². The van der Waals surface area contributed by atoms with Crippen LogP contribution in [0.15, 0.2) is 42.5 Å². The van der Waals surface area contributed by atoms with Crippen LogP contribution in [0.3, 0.4) is 0 Å². The fourth-order valence-corrected chi connectivity index (χ4v) is 1.61. The molecule has 2 rings (SSSR count). The zero-order chi connectivity index (χ0) is 13.8. The van der Waals surface area contributed by atoms with Gasteiger partial charge in [-0.1, -0.05) is 6.07 Å². The van der Waals surface area contributed by atoms with Crippen LogP contribution in [0, 0.1) is 17.1 Å². The third-order valence-electron chi connectivity index (χ3n) is 2.62. The highest BCUT2D eigenvalue weighted by molar-refractivity contribution is 5.50. The summed E-state index contributed by atoms with van der Waals surface area (Å²) in [6, 6.07) is 13.4. The Morgan fingerprint density at radius 1 is 1.16 bits per heavy atom. The van der Waals surface area contributed by atoms with E-state index >= 15 is 0 Å². The summed E-state index contributed by atoms with van der Waals surface area (Å²) < 4.78 is 19.2. The largest absolute Gasteiger partial charge is 0.454 e. The summed E-state index contributed by atoms with van der Waals surface area (Å²) in [6.45, 7) is 0. The van der Waals surface area contributed by atoms with E-state index in [1.807, 2.05) is 43.3 Å². The van der Waals surface area contributed by atoms with Crippen LogP contribution in [-0.2, 0) is 0 Å². The molecule has 0 amide bonds. The zero-order valence-electron chi connectivity index (χ0n) is 10.7. The minimum absolute atomic E-state index is 0.106. The predicted octanol–water partition coefficient (Wildman–Crippen LogP) is 3.56. The molecule has 96 valence electrons. The molecule has 4 heteroatoms. The molecule has 0 aromatic heterocycles. The van der Waals surface area contributed by atoms with Crippen molar-refractivity contribution in [1.82, 2.24) is 0 Å². The summed E-state index contributed by atoms with van der Waals surface area (Å²) >= 11 is 0. The van der Waals surface area contributed by atoms with Crippen LogP contribution < -0.4 is 9.64 Å². The fraction of sp³-hybridized carbons (Fsp3) is 0.133. The summed E-state index contributed by atoms with van der Waals surface area (Å²) in [7, 11) is 3.84. The van der Waals surface area contributed by atoms with Crippen LogP contribution in [0.25, 0.3) is 0 Å². The summed E-state index contributed by atoms with van der Waals surface area (Å²) in [5, 5.41) is 8.68. The van der Waals surface area contributed by atoms with Crippen molar-refractivity contribution in [3.63, 3.8) is 0 Å². The van der Waals surface area contributed by atoms with Gasteiger partial charge in [0.15, 0.2) is 11.6 Å². The van der Waals surface area contributed by atoms with E-state index in [0.29, 0.717) is 5.75 Å². The average Bonchev–Trinajstić information content (AvgIpc) is 2.41. The lowest BCUT2D eigenvalue weighted by Crippen LogP contribution is -2.08. The van der Waals surface area contributed by atoms with Gasteiger partial charge in [-0.05, 0) is 30.3 Å². The van der Waals surface area contributed by atoms with E-state index in [0.717, 1.165) is 11.8 Å². The monoisotopic (exact) mass is 256 g/mol. The Labute approximate surface area is 111 Å². The number of nitrogens with zero attached hydrogens (tertiary/aromatic N) is 2. The lowest BCUT2D eigenvalue weighted by Gasteiger charge is -2.14. The molecule has 0 radical (unpaired) electrons. The number of hydrogen-bond donors (Lipinski definition) is 0. The molecule has 19 heavy (non-hydrogen) atoms. The molecule has 0 heterocycles. The summed E-state index contributed by atoms with van der Waals surface area (Å²) in [5.74, 6) is 0.110. The molecule has 0 saturated carbocycles. The number of benzene rings is 2. The first kappa shape index (κ1) is 12.9. The molecule has 3 nitrogen and oxygen atoms in total. The highest BCUT2D eigenvalue weighted by Gasteiger charge is 2.07. The van der Waals surface area contributed by atoms with Crippen LogP contribution in [0.4, 0.5) is 10.1 Å². The molecule has 0 saturated heterocycles. The van der Waals surface area contributed by atoms with Crippen molar-refractivity contribution in [2.75, 3.05) is 19.0 Å². The van der Waals surface area contributed by atoms with Crippen molar-refractivity contribution in [1.29, 1.82) is 5.26 Å². The Balaban J connectivity index is 2.26. The Kier molecular flexibility index (Phi) is 3.67. The molecule has 0 aliphatic rings.